The second kappa shape index (κ2) is 9.76. The molecule has 1 aliphatic rings. The van der Waals surface area contributed by atoms with Crippen molar-refractivity contribution in [3.05, 3.63) is 69.0 Å². The molecule has 0 unspecified atom stereocenters. The lowest BCUT2D eigenvalue weighted by Gasteiger charge is -2.37. The van der Waals surface area contributed by atoms with Gasteiger partial charge in [-0.1, -0.05) is 39.0 Å². The summed E-state index contributed by atoms with van der Waals surface area (Å²) in [6.07, 6.45) is -1.89. The van der Waals surface area contributed by atoms with E-state index in [0.29, 0.717) is 5.56 Å². The third-order valence-corrected chi connectivity index (χ3v) is 10.9. The van der Waals surface area contributed by atoms with Gasteiger partial charge in [-0.15, -0.1) is 0 Å². The topological polar surface area (TPSA) is 109 Å². The van der Waals surface area contributed by atoms with E-state index in [0.717, 1.165) is 0 Å². The van der Waals surface area contributed by atoms with E-state index in [9.17, 15) is 14.4 Å². The number of ether oxygens (including phenoxy) is 3. The van der Waals surface area contributed by atoms with Crippen molar-refractivity contribution in [2.45, 2.75) is 63.4 Å². The highest BCUT2D eigenvalue weighted by Crippen LogP contribution is 2.38. The molecule has 1 N–H and O–H groups in total. The molecule has 0 bridgehead atoms. The molecule has 2 heterocycles. The van der Waals surface area contributed by atoms with Crippen LogP contribution in [0.1, 0.15) is 37.4 Å². The van der Waals surface area contributed by atoms with Gasteiger partial charge in [-0.25, -0.2) is 9.59 Å². The third kappa shape index (κ3) is 5.52. The minimum atomic E-state index is -2.14. The predicted molar refractivity (Wildman–Crippen MR) is 125 cm³/mol. The number of benzene rings is 1. The predicted octanol–water partition coefficient (Wildman–Crippen LogP) is 2.70. The van der Waals surface area contributed by atoms with Gasteiger partial charge in [-0.05, 0) is 30.3 Å². The number of hydrogen-bond donors (Lipinski definition) is 1. The molecule has 0 spiro atoms. The Kier molecular flexibility index (Phi) is 7.42. The monoisotopic (exact) mass is 476 g/mol. The van der Waals surface area contributed by atoms with Gasteiger partial charge in [0.05, 0.1) is 12.2 Å². The first-order valence-electron chi connectivity index (χ1n) is 10.8. The normalized spacial score (nSPS) is 23.5. The second-order valence-electron chi connectivity index (χ2n) is 9.59. The zero-order valence-corrected chi connectivity index (χ0v) is 20.9. The smallest absolute Gasteiger partial charge is 0.338 e. The maximum Gasteiger partial charge on any atom is 0.338 e. The Balaban J connectivity index is 1.92. The molecule has 1 fully saturated rings. The molecule has 1 saturated heterocycles. The number of nitrogens with one attached hydrogen (secondary N) is 1. The minimum absolute atomic E-state index is 0.0300. The maximum absolute atomic E-state index is 12.8. The van der Waals surface area contributed by atoms with E-state index >= 15 is 0 Å². The molecule has 4 atom stereocenters. The van der Waals surface area contributed by atoms with E-state index in [4.69, 9.17) is 18.6 Å². The van der Waals surface area contributed by atoms with Crippen LogP contribution >= 0.6 is 0 Å². The Labute approximate surface area is 193 Å². The quantitative estimate of drug-likeness (QED) is 0.483. The van der Waals surface area contributed by atoms with Crippen molar-refractivity contribution < 1.29 is 23.4 Å². The fourth-order valence-corrected chi connectivity index (χ4v) is 4.37. The molecule has 0 saturated carbocycles. The lowest BCUT2D eigenvalue weighted by molar-refractivity contribution is -0.0613. The van der Waals surface area contributed by atoms with Gasteiger partial charge in [0.25, 0.3) is 5.56 Å². The van der Waals surface area contributed by atoms with E-state index in [-0.39, 0.29) is 11.6 Å². The SMILES string of the molecule is CO[C@@H]1[C@@H](OC(=O)c2ccccc2)[C@@H](CO[Si](C)(C)C(C)(C)C)O[C@H]1n1ccc(=O)[nH]c1=O. The molecule has 2 aromatic rings. The van der Waals surface area contributed by atoms with Gasteiger partial charge in [0.1, 0.15) is 12.2 Å². The van der Waals surface area contributed by atoms with Crippen molar-refractivity contribution in [3.8, 4) is 0 Å². The first-order chi connectivity index (χ1) is 15.4. The summed E-state index contributed by atoms with van der Waals surface area (Å²) in [5, 5.41) is -0.0300. The molecule has 33 heavy (non-hydrogen) atoms. The summed E-state index contributed by atoms with van der Waals surface area (Å²) in [5.74, 6) is -0.530. The summed E-state index contributed by atoms with van der Waals surface area (Å²) in [7, 11) is -0.679. The van der Waals surface area contributed by atoms with Crippen molar-refractivity contribution in [2.24, 2.45) is 0 Å². The number of carbonyl (C=O) groups is 1. The second-order valence-corrected chi connectivity index (χ2v) is 14.4. The largest absolute Gasteiger partial charge is 0.453 e. The van der Waals surface area contributed by atoms with E-state index in [1.54, 1.807) is 24.3 Å². The van der Waals surface area contributed by atoms with Crippen LogP contribution in [0.4, 0.5) is 0 Å². The number of nitrogens with zero attached hydrogens (tertiary/aromatic N) is 1. The van der Waals surface area contributed by atoms with E-state index < -0.39 is 50.1 Å². The maximum atomic E-state index is 12.8. The average molecular weight is 477 g/mol. The lowest BCUT2D eigenvalue weighted by atomic mass is 10.1. The van der Waals surface area contributed by atoms with Crippen LogP contribution in [0, 0.1) is 0 Å². The van der Waals surface area contributed by atoms with Crippen LogP contribution in [0.2, 0.25) is 18.1 Å². The Hall–Kier alpha value is -2.53. The molecule has 9 nitrogen and oxygen atoms in total. The van der Waals surface area contributed by atoms with Crippen molar-refractivity contribution >= 4 is 14.3 Å². The van der Waals surface area contributed by atoms with Gasteiger partial charge in [0.15, 0.2) is 20.6 Å². The Morgan fingerprint density at radius 1 is 1.12 bits per heavy atom. The highest BCUT2D eigenvalue weighted by Gasteiger charge is 2.50. The third-order valence-electron chi connectivity index (χ3n) is 6.35. The van der Waals surface area contributed by atoms with Gasteiger partial charge in [-0.3, -0.25) is 14.3 Å². The molecular formula is C23H32N2O7Si. The molecule has 1 aromatic carbocycles. The molecule has 3 rings (SSSR count). The van der Waals surface area contributed by atoms with E-state index in [2.05, 4.69) is 38.8 Å². The molecule has 10 heteroatoms. The first kappa shape index (κ1) is 25.1. The fraction of sp³-hybridized carbons (Fsp3) is 0.522. The van der Waals surface area contributed by atoms with Crippen LogP contribution < -0.4 is 11.2 Å². The summed E-state index contributed by atoms with van der Waals surface area (Å²) in [5.41, 5.74) is -0.775. The molecule has 1 aromatic heterocycles. The van der Waals surface area contributed by atoms with Gasteiger partial charge in [0, 0.05) is 19.4 Å². The van der Waals surface area contributed by atoms with E-state index in [1.807, 2.05) is 6.07 Å². The number of aromatic nitrogens is 2. The van der Waals surface area contributed by atoms with Crippen molar-refractivity contribution in [2.75, 3.05) is 13.7 Å². The number of hydrogen-bond acceptors (Lipinski definition) is 7. The molecule has 180 valence electrons. The standard InChI is InChI=1S/C23H32N2O7Si/c1-23(2,3)33(5,6)30-14-16-18(32-21(27)15-10-8-7-9-11-15)19(29-4)20(31-16)25-13-12-17(26)24-22(25)28/h7-13,16,18-20H,14H2,1-6H3,(H,24,26,28)/t16-,18+,19-,20-/m1/s1. The van der Waals surface area contributed by atoms with Crippen molar-refractivity contribution in [1.82, 2.24) is 9.55 Å². The Bertz CT molecular complexity index is 1070. The lowest BCUT2D eigenvalue weighted by Crippen LogP contribution is -2.45. The Morgan fingerprint density at radius 2 is 1.79 bits per heavy atom. The summed E-state index contributed by atoms with van der Waals surface area (Å²) in [6.45, 7) is 10.8. The number of carbonyl (C=O) groups excluding carboxylic acids is 1. The van der Waals surface area contributed by atoms with E-state index in [1.165, 1.54) is 23.9 Å². The highest BCUT2D eigenvalue weighted by atomic mass is 28.4. The number of rotatable bonds is 7. The van der Waals surface area contributed by atoms with Crippen LogP contribution in [0.5, 0.6) is 0 Å². The summed E-state index contributed by atoms with van der Waals surface area (Å²) in [4.78, 5) is 39.0. The average Bonchev–Trinajstić information content (AvgIpc) is 3.09. The molecule has 1 aliphatic heterocycles. The number of H-pyrrole nitrogens is 1. The molecule has 0 amide bonds. The minimum Gasteiger partial charge on any atom is -0.453 e. The van der Waals surface area contributed by atoms with Crippen LogP contribution in [-0.2, 0) is 18.6 Å². The van der Waals surface area contributed by atoms with Gasteiger partial charge < -0.3 is 18.6 Å². The fourth-order valence-electron chi connectivity index (χ4n) is 3.36. The molecule has 0 aliphatic carbocycles. The van der Waals surface area contributed by atoms with Crippen LogP contribution in [-0.4, -0.2) is 55.9 Å². The van der Waals surface area contributed by atoms with Gasteiger partial charge in [0.2, 0.25) is 0 Å². The molecular weight excluding hydrogens is 444 g/mol. The van der Waals surface area contributed by atoms with Crippen LogP contribution in [0.25, 0.3) is 0 Å². The van der Waals surface area contributed by atoms with Crippen molar-refractivity contribution in [1.29, 1.82) is 0 Å². The van der Waals surface area contributed by atoms with Crippen LogP contribution in [0.15, 0.2) is 52.2 Å². The van der Waals surface area contributed by atoms with Gasteiger partial charge in [-0.2, -0.15) is 0 Å². The van der Waals surface area contributed by atoms with Crippen LogP contribution in [0.3, 0.4) is 0 Å². The summed E-state index contributed by atoms with van der Waals surface area (Å²) < 4.78 is 25.2. The first-order valence-corrected chi connectivity index (χ1v) is 13.7. The number of methoxy groups -OCH3 is 1. The number of aromatic amines is 1. The van der Waals surface area contributed by atoms with Gasteiger partial charge >= 0.3 is 11.7 Å². The molecule has 0 radical (unpaired) electrons. The highest BCUT2D eigenvalue weighted by molar-refractivity contribution is 6.74. The summed E-state index contributed by atoms with van der Waals surface area (Å²) in [6, 6.07) is 9.84. The Morgan fingerprint density at radius 3 is 2.36 bits per heavy atom. The zero-order valence-electron chi connectivity index (χ0n) is 19.9. The number of esters is 1. The summed E-state index contributed by atoms with van der Waals surface area (Å²) >= 11 is 0. The van der Waals surface area contributed by atoms with Crippen molar-refractivity contribution in [3.63, 3.8) is 0 Å². The zero-order chi connectivity index (χ0) is 24.4.